The molecule has 23 heavy (non-hydrogen) atoms. The van der Waals surface area contributed by atoms with Crippen LogP contribution in [0.15, 0.2) is 24.3 Å². The van der Waals surface area contributed by atoms with Crippen molar-refractivity contribution in [3.63, 3.8) is 0 Å². The highest BCUT2D eigenvalue weighted by atomic mass is 16.2. The largest absolute Gasteiger partial charge is 0.345 e. The molecule has 5 heteroatoms. The molecule has 5 nitrogen and oxygen atoms in total. The Morgan fingerprint density at radius 2 is 2.04 bits per heavy atom. The number of piperidine rings is 1. The summed E-state index contributed by atoms with van der Waals surface area (Å²) in [6, 6.07) is 7.95. The number of carbonyl (C=O) groups excluding carboxylic acids is 2. The lowest BCUT2D eigenvalue weighted by molar-refractivity contribution is 0.0827. The van der Waals surface area contributed by atoms with Gasteiger partial charge in [0, 0.05) is 44.7 Å². The van der Waals surface area contributed by atoms with Gasteiger partial charge in [-0.3, -0.25) is 4.79 Å². The van der Waals surface area contributed by atoms with Gasteiger partial charge in [-0.2, -0.15) is 0 Å². The van der Waals surface area contributed by atoms with E-state index in [1.807, 2.05) is 36.9 Å². The van der Waals surface area contributed by atoms with Crippen molar-refractivity contribution in [1.82, 2.24) is 15.1 Å². The van der Waals surface area contributed by atoms with Crippen LogP contribution in [-0.2, 0) is 0 Å². The number of hydrogen-bond donors (Lipinski definition) is 1. The van der Waals surface area contributed by atoms with Gasteiger partial charge in [0.1, 0.15) is 0 Å². The highest BCUT2D eigenvalue weighted by molar-refractivity contribution is 5.94. The zero-order chi connectivity index (χ0) is 17.0. The van der Waals surface area contributed by atoms with Crippen molar-refractivity contribution >= 4 is 11.9 Å². The second-order valence-corrected chi connectivity index (χ2v) is 6.71. The molecule has 0 aliphatic carbocycles. The summed E-state index contributed by atoms with van der Waals surface area (Å²) in [5, 5.41) is 2.96. The molecule has 0 aromatic heterocycles. The predicted octanol–water partition coefficient (Wildman–Crippen LogP) is 2.69. The smallest absolute Gasteiger partial charge is 0.317 e. The van der Waals surface area contributed by atoms with E-state index in [0.29, 0.717) is 12.1 Å². The van der Waals surface area contributed by atoms with Gasteiger partial charge in [0.05, 0.1) is 0 Å². The Morgan fingerprint density at radius 1 is 1.30 bits per heavy atom. The van der Waals surface area contributed by atoms with Crippen LogP contribution >= 0.6 is 0 Å². The van der Waals surface area contributed by atoms with Crippen LogP contribution < -0.4 is 5.32 Å². The first-order chi connectivity index (χ1) is 10.9. The molecule has 0 bridgehead atoms. The Balaban J connectivity index is 2.11. The van der Waals surface area contributed by atoms with E-state index in [0.717, 1.165) is 24.9 Å². The van der Waals surface area contributed by atoms with Crippen LogP contribution in [-0.4, -0.2) is 55.0 Å². The fourth-order valence-corrected chi connectivity index (χ4v) is 2.96. The number of nitrogens with one attached hydrogen (secondary N) is 1. The van der Waals surface area contributed by atoms with Crippen molar-refractivity contribution < 1.29 is 9.59 Å². The van der Waals surface area contributed by atoms with Gasteiger partial charge in [-0.1, -0.05) is 12.1 Å². The van der Waals surface area contributed by atoms with E-state index >= 15 is 0 Å². The average molecular weight is 317 g/mol. The van der Waals surface area contributed by atoms with E-state index < -0.39 is 0 Å². The van der Waals surface area contributed by atoms with E-state index in [2.05, 4.69) is 11.4 Å². The molecule has 1 N–H and O–H groups in total. The van der Waals surface area contributed by atoms with E-state index in [1.54, 1.807) is 19.0 Å². The molecule has 1 unspecified atom stereocenters. The summed E-state index contributed by atoms with van der Waals surface area (Å²) in [7, 11) is 3.52. The first-order valence-corrected chi connectivity index (χ1v) is 8.25. The molecule has 1 saturated heterocycles. The molecular weight excluding hydrogens is 290 g/mol. The lowest BCUT2D eigenvalue weighted by Crippen LogP contribution is -2.47. The normalized spacial score (nSPS) is 18.0. The minimum atomic E-state index is 0.00484. The zero-order valence-corrected chi connectivity index (χ0v) is 14.5. The summed E-state index contributed by atoms with van der Waals surface area (Å²) in [5.41, 5.74) is 1.84. The summed E-state index contributed by atoms with van der Waals surface area (Å²) < 4.78 is 0. The molecule has 1 heterocycles. The fraction of sp³-hybridized carbons (Fsp3) is 0.556. The van der Waals surface area contributed by atoms with E-state index in [-0.39, 0.29) is 23.9 Å². The summed E-state index contributed by atoms with van der Waals surface area (Å²) in [6.45, 7) is 5.44. The average Bonchev–Trinajstić information content (AvgIpc) is 2.53. The molecule has 1 aromatic rings. The lowest BCUT2D eigenvalue weighted by atomic mass is 9.89. The topological polar surface area (TPSA) is 52.7 Å². The van der Waals surface area contributed by atoms with E-state index in [1.165, 1.54) is 0 Å². The maximum absolute atomic E-state index is 12.2. The number of carbonyl (C=O) groups is 2. The van der Waals surface area contributed by atoms with Crippen molar-refractivity contribution in [2.24, 2.45) is 0 Å². The molecule has 1 aromatic carbocycles. The minimum Gasteiger partial charge on any atom is -0.345 e. The van der Waals surface area contributed by atoms with Gasteiger partial charge in [-0.25, -0.2) is 4.79 Å². The highest BCUT2D eigenvalue weighted by Gasteiger charge is 2.25. The molecule has 1 aliphatic heterocycles. The van der Waals surface area contributed by atoms with Gasteiger partial charge in [0.2, 0.25) is 0 Å². The quantitative estimate of drug-likeness (QED) is 0.932. The van der Waals surface area contributed by atoms with Crippen LogP contribution in [0.5, 0.6) is 0 Å². The summed E-state index contributed by atoms with van der Waals surface area (Å²) in [5.74, 6) is 0.300. The number of hydrogen-bond acceptors (Lipinski definition) is 2. The summed E-state index contributed by atoms with van der Waals surface area (Å²) in [4.78, 5) is 27.8. The molecule has 2 rings (SSSR count). The Bertz CT molecular complexity index is 569. The Morgan fingerprint density at radius 3 is 2.70 bits per heavy atom. The van der Waals surface area contributed by atoms with Crippen molar-refractivity contribution in [2.45, 2.75) is 38.6 Å². The maximum atomic E-state index is 12.2. The molecule has 1 aliphatic rings. The first kappa shape index (κ1) is 17.3. The molecule has 126 valence electrons. The molecule has 0 saturated carbocycles. The third kappa shape index (κ3) is 4.47. The van der Waals surface area contributed by atoms with Gasteiger partial charge < -0.3 is 15.1 Å². The number of rotatable bonds is 3. The fourth-order valence-electron chi connectivity index (χ4n) is 2.96. The van der Waals surface area contributed by atoms with Crippen molar-refractivity contribution in [2.75, 3.05) is 27.2 Å². The molecule has 0 spiro atoms. The second kappa shape index (κ2) is 7.49. The molecular formula is C18H27N3O2. The number of urea groups is 1. The standard InChI is InChI=1S/C18H27N3O2/c1-13(2)19-18(23)21-10-6-9-16(12-21)14-7-5-8-15(11-14)17(22)20(3)4/h5,7-8,11,13,16H,6,9-10,12H2,1-4H3,(H,19,23). The van der Waals surface area contributed by atoms with Crippen LogP contribution in [0.25, 0.3) is 0 Å². The summed E-state index contributed by atoms with van der Waals surface area (Å²) >= 11 is 0. The highest BCUT2D eigenvalue weighted by Crippen LogP contribution is 2.27. The van der Waals surface area contributed by atoms with Gasteiger partial charge in [-0.15, -0.1) is 0 Å². The molecule has 3 amide bonds. The minimum absolute atomic E-state index is 0.00484. The van der Waals surface area contributed by atoms with Gasteiger partial charge in [0.25, 0.3) is 5.91 Å². The molecule has 0 radical (unpaired) electrons. The monoisotopic (exact) mass is 317 g/mol. The number of likely N-dealkylation sites (tertiary alicyclic amines) is 1. The predicted molar refractivity (Wildman–Crippen MR) is 91.7 cm³/mol. The summed E-state index contributed by atoms with van der Waals surface area (Å²) in [6.07, 6.45) is 2.03. The van der Waals surface area contributed by atoms with E-state index in [4.69, 9.17) is 0 Å². The van der Waals surface area contributed by atoms with Crippen LogP contribution in [0, 0.1) is 0 Å². The van der Waals surface area contributed by atoms with Crippen LogP contribution in [0.4, 0.5) is 4.79 Å². The van der Waals surface area contributed by atoms with Gasteiger partial charge in [-0.05, 0) is 44.4 Å². The third-order valence-electron chi connectivity index (χ3n) is 4.13. The molecule has 1 fully saturated rings. The Labute approximate surface area is 138 Å². The number of benzene rings is 1. The Kier molecular flexibility index (Phi) is 5.64. The van der Waals surface area contributed by atoms with Gasteiger partial charge in [0.15, 0.2) is 0 Å². The maximum Gasteiger partial charge on any atom is 0.317 e. The number of amides is 3. The van der Waals surface area contributed by atoms with Crippen LogP contribution in [0.1, 0.15) is 48.5 Å². The lowest BCUT2D eigenvalue weighted by Gasteiger charge is -2.33. The first-order valence-electron chi connectivity index (χ1n) is 8.25. The zero-order valence-electron chi connectivity index (χ0n) is 14.5. The van der Waals surface area contributed by atoms with Crippen molar-refractivity contribution in [1.29, 1.82) is 0 Å². The Hall–Kier alpha value is -2.04. The third-order valence-corrected chi connectivity index (χ3v) is 4.13. The van der Waals surface area contributed by atoms with Crippen LogP contribution in [0.3, 0.4) is 0 Å². The SMILES string of the molecule is CC(C)NC(=O)N1CCCC(c2cccc(C(=O)N(C)C)c2)C1. The van der Waals surface area contributed by atoms with Gasteiger partial charge >= 0.3 is 6.03 Å². The van der Waals surface area contributed by atoms with E-state index in [9.17, 15) is 9.59 Å². The van der Waals surface area contributed by atoms with Crippen molar-refractivity contribution in [3.8, 4) is 0 Å². The number of nitrogens with zero attached hydrogens (tertiary/aromatic N) is 2. The molecule has 1 atom stereocenters. The van der Waals surface area contributed by atoms with Crippen molar-refractivity contribution in [3.05, 3.63) is 35.4 Å². The van der Waals surface area contributed by atoms with Crippen LogP contribution in [0.2, 0.25) is 0 Å². The second-order valence-electron chi connectivity index (χ2n) is 6.71.